The third-order valence-corrected chi connectivity index (χ3v) is 2.58. The number of hydrogen-bond donors (Lipinski definition) is 1. The predicted octanol–water partition coefficient (Wildman–Crippen LogP) is 1.38. The van der Waals surface area contributed by atoms with E-state index in [1.165, 1.54) is 25.8 Å². The summed E-state index contributed by atoms with van der Waals surface area (Å²) in [4.78, 5) is 2.52. The first kappa shape index (κ1) is 9.75. The highest BCUT2D eigenvalue weighted by atomic mass is 15.1. The number of likely N-dealkylation sites (tertiary alicyclic amines) is 1. The van der Waals surface area contributed by atoms with Crippen LogP contribution in [-0.2, 0) is 0 Å². The molecule has 0 saturated carbocycles. The molecule has 0 spiro atoms. The average Bonchev–Trinajstić information content (AvgIpc) is 2.09. The fraction of sp³-hybridized carbons (Fsp3) is 0.800. The SMILES string of the molecule is CC1CCCCN1CC=CCN. The smallest absolute Gasteiger partial charge is 0.0166 e. The zero-order chi connectivity index (χ0) is 8.81. The quantitative estimate of drug-likeness (QED) is 0.645. The first-order chi connectivity index (χ1) is 5.84. The molecule has 1 heterocycles. The summed E-state index contributed by atoms with van der Waals surface area (Å²) in [6.45, 7) is 5.33. The summed E-state index contributed by atoms with van der Waals surface area (Å²) in [6.07, 6.45) is 8.35. The van der Waals surface area contributed by atoms with Crippen LogP contribution < -0.4 is 5.73 Å². The summed E-state index contributed by atoms with van der Waals surface area (Å²) in [6, 6.07) is 0.765. The maximum absolute atomic E-state index is 5.37. The van der Waals surface area contributed by atoms with Crippen LogP contribution in [0.1, 0.15) is 26.2 Å². The summed E-state index contributed by atoms with van der Waals surface area (Å²) in [5.74, 6) is 0. The summed E-state index contributed by atoms with van der Waals surface area (Å²) in [5, 5.41) is 0. The van der Waals surface area contributed by atoms with E-state index in [0.29, 0.717) is 6.54 Å². The Morgan fingerprint density at radius 1 is 1.42 bits per heavy atom. The van der Waals surface area contributed by atoms with E-state index < -0.39 is 0 Å². The molecule has 0 aromatic carbocycles. The Morgan fingerprint density at radius 3 is 2.92 bits per heavy atom. The van der Waals surface area contributed by atoms with Gasteiger partial charge in [0.25, 0.3) is 0 Å². The zero-order valence-electron chi connectivity index (χ0n) is 8.00. The van der Waals surface area contributed by atoms with E-state index in [1.54, 1.807) is 0 Å². The molecule has 12 heavy (non-hydrogen) atoms. The molecule has 1 rings (SSSR count). The lowest BCUT2D eigenvalue weighted by molar-refractivity contribution is 0.179. The van der Waals surface area contributed by atoms with Gasteiger partial charge in [0.15, 0.2) is 0 Å². The second-order valence-corrected chi connectivity index (χ2v) is 3.55. The molecule has 1 atom stereocenters. The minimum absolute atomic E-state index is 0.669. The number of hydrogen-bond acceptors (Lipinski definition) is 2. The van der Waals surface area contributed by atoms with Gasteiger partial charge in [-0.1, -0.05) is 18.6 Å². The molecule has 0 radical (unpaired) electrons. The summed E-state index contributed by atoms with van der Waals surface area (Å²) >= 11 is 0. The second-order valence-electron chi connectivity index (χ2n) is 3.55. The van der Waals surface area contributed by atoms with Crippen LogP contribution >= 0.6 is 0 Å². The highest BCUT2D eigenvalue weighted by Gasteiger charge is 2.15. The van der Waals surface area contributed by atoms with Crippen molar-refractivity contribution in [2.24, 2.45) is 5.73 Å². The summed E-state index contributed by atoms with van der Waals surface area (Å²) in [5.41, 5.74) is 5.37. The van der Waals surface area contributed by atoms with Crippen LogP contribution in [0.5, 0.6) is 0 Å². The van der Waals surface area contributed by atoms with Crippen molar-refractivity contribution in [1.29, 1.82) is 0 Å². The fourth-order valence-corrected chi connectivity index (χ4v) is 1.73. The number of nitrogens with two attached hydrogens (primary N) is 1. The molecule has 1 aliphatic rings. The molecule has 0 amide bonds. The normalized spacial score (nSPS) is 26.7. The molecule has 2 N–H and O–H groups in total. The minimum Gasteiger partial charge on any atom is -0.327 e. The van der Waals surface area contributed by atoms with Gasteiger partial charge in [0.2, 0.25) is 0 Å². The van der Waals surface area contributed by atoms with E-state index in [-0.39, 0.29) is 0 Å². The van der Waals surface area contributed by atoms with Crippen molar-refractivity contribution in [3.63, 3.8) is 0 Å². The molecule has 1 aliphatic heterocycles. The molecule has 0 aliphatic carbocycles. The largest absolute Gasteiger partial charge is 0.327 e. The minimum atomic E-state index is 0.669. The monoisotopic (exact) mass is 168 g/mol. The van der Waals surface area contributed by atoms with Crippen molar-refractivity contribution in [3.8, 4) is 0 Å². The van der Waals surface area contributed by atoms with E-state index in [9.17, 15) is 0 Å². The lowest BCUT2D eigenvalue weighted by Gasteiger charge is -2.32. The lowest BCUT2D eigenvalue weighted by Crippen LogP contribution is -2.37. The topological polar surface area (TPSA) is 29.3 Å². The third kappa shape index (κ3) is 2.95. The fourth-order valence-electron chi connectivity index (χ4n) is 1.73. The standard InChI is InChI=1S/C10H20N2/c1-10-6-2-4-8-12(10)9-5-3-7-11/h3,5,10H,2,4,6-9,11H2,1H3. The first-order valence-electron chi connectivity index (χ1n) is 4.93. The van der Waals surface area contributed by atoms with Crippen molar-refractivity contribution in [3.05, 3.63) is 12.2 Å². The van der Waals surface area contributed by atoms with Crippen molar-refractivity contribution in [2.75, 3.05) is 19.6 Å². The van der Waals surface area contributed by atoms with E-state index in [2.05, 4.69) is 17.9 Å². The first-order valence-corrected chi connectivity index (χ1v) is 4.93. The highest BCUT2D eigenvalue weighted by Crippen LogP contribution is 2.15. The van der Waals surface area contributed by atoms with Gasteiger partial charge >= 0.3 is 0 Å². The molecule has 2 nitrogen and oxygen atoms in total. The van der Waals surface area contributed by atoms with Crippen LogP contribution in [0.3, 0.4) is 0 Å². The number of rotatable bonds is 3. The van der Waals surface area contributed by atoms with Gasteiger partial charge in [-0.15, -0.1) is 0 Å². The van der Waals surface area contributed by atoms with E-state index >= 15 is 0 Å². The molecule has 0 aromatic heterocycles. The van der Waals surface area contributed by atoms with Gasteiger partial charge in [-0.2, -0.15) is 0 Å². The Bertz CT molecular complexity index is 143. The predicted molar refractivity (Wildman–Crippen MR) is 53.1 cm³/mol. The average molecular weight is 168 g/mol. The van der Waals surface area contributed by atoms with E-state index in [4.69, 9.17) is 5.73 Å². The van der Waals surface area contributed by atoms with Gasteiger partial charge in [-0.3, -0.25) is 4.90 Å². The van der Waals surface area contributed by atoms with E-state index in [1.807, 2.05) is 6.08 Å². The number of nitrogens with zero attached hydrogens (tertiary/aromatic N) is 1. The highest BCUT2D eigenvalue weighted by molar-refractivity contribution is 4.87. The zero-order valence-corrected chi connectivity index (χ0v) is 8.00. The van der Waals surface area contributed by atoms with Crippen LogP contribution in [0, 0.1) is 0 Å². The van der Waals surface area contributed by atoms with Gasteiger partial charge in [0.05, 0.1) is 0 Å². The van der Waals surface area contributed by atoms with Crippen molar-refractivity contribution < 1.29 is 0 Å². The molecule has 70 valence electrons. The van der Waals surface area contributed by atoms with Crippen molar-refractivity contribution >= 4 is 0 Å². The van der Waals surface area contributed by atoms with Gasteiger partial charge in [0.1, 0.15) is 0 Å². The van der Waals surface area contributed by atoms with Gasteiger partial charge in [-0.05, 0) is 26.3 Å². The third-order valence-electron chi connectivity index (χ3n) is 2.58. The van der Waals surface area contributed by atoms with Gasteiger partial charge < -0.3 is 5.73 Å². The summed E-state index contributed by atoms with van der Waals surface area (Å²) in [7, 11) is 0. The number of piperidine rings is 1. The van der Waals surface area contributed by atoms with Crippen LogP contribution in [0.15, 0.2) is 12.2 Å². The maximum Gasteiger partial charge on any atom is 0.0166 e. The molecule has 0 aromatic rings. The Balaban J connectivity index is 2.24. The molecular formula is C10H20N2. The summed E-state index contributed by atoms with van der Waals surface area (Å²) < 4.78 is 0. The van der Waals surface area contributed by atoms with Crippen molar-refractivity contribution in [1.82, 2.24) is 4.90 Å². The van der Waals surface area contributed by atoms with Gasteiger partial charge in [0, 0.05) is 19.1 Å². The van der Waals surface area contributed by atoms with E-state index in [0.717, 1.165) is 12.6 Å². The second kappa shape index (κ2) is 5.33. The molecule has 1 unspecified atom stereocenters. The Labute approximate surface area is 75.4 Å². The van der Waals surface area contributed by atoms with Crippen molar-refractivity contribution in [2.45, 2.75) is 32.2 Å². The Morgan fingerprint density at radius 2 is 2.25 bits per heavy atom. The van der Waals surface area contributed by atoms with Crippen LogP contribution in [0.4, 0.5) is 0 Å². The Hall–Kier alpha value is -0.340. The molecular weight excluding hydrogens is 148 g/mol. The molecule has 2 heteroatoms. The maximum atomic E-state index is 5.37. The van der Waals surface area contributed by atoms with Crippen LogP contribution in [0.2, 0.25) is 0 Å². The lowest BCUT2D eigenvalue weighted by atomic mass is 10.0. The molecule has 1 saturated heterocycles. The van der Waals surface area contributed by atoms with Gasteiger partial charge in [-0.25, -0.2) is 0 Å². The van der Waals surface area contributed by atoms with Crippen LogP contribution in [-0.4, -0.2) is 30.6 Å². The van der Waals surface area contributed by atoms with Crippen LogP contribution in [0.25, 0.3) is 0 Å². The molecule has 0 bridgehead atoms. The molecule has 1 fully saturated rings. The Kier molecular flexibility index (Phi) is 4.33.